The lowest BCUT2D eigenvalue weighted by Crippen LogP contribution is -2.51. The van der Waals surface area contributed by atoms with E-state index in [0.717, 1.165) is 0 Å². The van der Waals surface area contributed by atoms with Crippen LogP contribution in [0.4, 0.5) is 5.82 Å². The summed E-state index contributed by atoms with van der Waals surface area (Å²) in [6.07, 6.45) is 2.39. The van der Waals surface area contributed by atoms with Gasteiger partial charge in [-0.1, -0.05) is 0 Å². The first-order valence-corrected chi connectivity index (χ1v) is 10.4. The predicted octanol–water partition coefficient (Wildman–Crippen LogP) is 0.342. The Bertz CT molecular complexity index is 1040. The number of sulfonamides is 1. The maximum absolute atomic E-state index is 13.1. The van der Waals surface area contributed by atoms with Crippen molar-refractivity contribution in [3.8, 4) is 11.5 Å². The Kier molecular flexibility index (Phi) is 6.22. The van der Waals surface area contributed by atoms with Crippen molar-refractivity contribution in [3.63, 3.8) is 0 Å². The number of aromatic nitrogens is 2. The van der Waals surface area contributed by atoms with E-state index in [2.05, 4.69) is 4.98 Å². The van der Waals surface area contributed by atoms with Gasteiger partial charge in [0, 0.05) is 32.2 Å². The van der Waals surface area contributed by atoms with E-state index in [0.29, 0.717) is 5.75 Å². The van der Waals surface area contributed by atoms with Gasteiger partial charge in [0.25, 0.3) is 0 Å². The standard InChI is InChI=1S/C17H21N5O7S/c1-28-13-3-4-14(29-2)15(9-13)30(26,27)21-7-5-20(6-8-21)17(23)11-19-10-16(18-12-19)22(24)25/h3-4,9-10,12H,5-8,11H2,1-2H3. The molecule has 1 fully saturated rings. The first-order valence-electron chi connectivity index (χ1n) is 8.92. The average molecular weight is 439 g/mol. The molecule has 0 radical (unpaired) electrons. The number of benzene rings is 1. The summed E-state index contributed by atoms with van der Waals surface area (Å²) in [4.78, 5) is 27.6. The van der Waals surface area contributed by atoms with E-state index < -0.39 is 14.9 Å². The van der Waals surface area contributed by atoms with E-state index in [1.807, 2.05) is 0 Å². The Morgan fingerprint density at radius 1 is 1.20 bits per heavy atom. The number of imidazole rings is 1. The van der Waals surface area contributed by atoms with E-state index in [-0.39, 0.29) is 55.1 Å². The highest BCUT2D eigenvalue weighted by Gasteiger charge is 2.32. The van der Waals surface area contributed by atoms with Crippen molar-refractivity contribution in [2.45, 2.75) is 11.4 Å². The molecule has 1 aromatic heterocycles. The van der Waals surface area contributed by atoms with Crippen molar-refractivity contribution in [3.05, 3.63) is 40.8 Å². The van der Waals surface area contributed by atoms with Gasteiger partial charge in [0.05, 0.1) is 14.2 Å². The van der Waals surface area contributed by atoms with Gasteiger partial charge in [0.2, 0.25) is 22.3 Å². The van der Waals surface area contributed by atoms with Crippen molar-refractivity contribution < 1.29 is 27.6 Å². The number of carbonyl (C=O) groups is 1. The van der Waals surface area contributed by atoms with Gasteiger partial charge >= 0.3 is 5.82 Å². The van der Waals surface area contributed by atoms with Crippen molar-refractivity contribution in [2.75, 3.05) is 40.4 Å². The summed E-state index contributed by atoms with van der Waals surface area (Å²) in [5, 5.41) is 10.7. The number of piperazine rings is 1. The number of ether oxygens (including phenoxy) is 2. The summed E-state index contributed by atoms with van der Waals surface area (Å²) in [5.41, 5.74) is 0. The molecule has 1 saturated heterocycles. The van der Waals surface area contributed by atoms with E-state index in [1.165, 1.54) is 52.6 Å². The van der Waals surface area contributed by atoms with Gasteiger partial charge < -0.3 is 29.1 Å². The number of hydrogen-bond donors (Lipinski definition) is 0. The zero-order valence-corrected chi connectivity index (χ0v) is 17.2. The second kappa shape index (κ2) is 8.67. The summed E-state index contributed by atoms with van der Waals surface area (Å²) in [7, 11) is -1.02. The second-order valence-electron chi connectivity index (χ2n) is 6.46. The highest BCUT2D eigenvalue weighted by atomic mass is 32.2. The average Bonchev–Trinajstić information content (AvgIpc) is 3.22. The molecule has 0 atom stereocenters. The zero-order chi connectivity index (χ0) is 21.9. The Morgan fingerprint density at radius 2 is 1.90 bits per heavy atom. The van der Waals surface area contributed by atoms with Crippen molar-refractivity contribution >= 4 is 21.7 Å². The number of rotatable bonds is 7. The molecule has 3 rings (SSSR count). The molecule has 1 aliphatic heterocycles. The number of nitro groups is 1. The summed E-state index contributed by atoms with van der Waals surface area (Å²) < 4.78 is 39.1. The molecule has 2 heterocycles. The molecule has 13 heteroatoms. The SMILES string of the molecule is COc1ccc(OC)c(S(=O)(=O)N2CCN(C(=O)Cn3cnc([N+](=O)[O-])c3)CC2)c1. The minimum absolute atomic E-state index is 0.00477. The number of hydrogen-bond acceptors (Lipinski definition) is 8. The van der Waals surface area contributed by atoms with E-state index in [4.69, 9.17) is 9.47 Å². The molecule has 162 valence electrons. The molecule has 30 heavy (non-hydrogen) atoms. The molecule has 1 amide bonds. The molecule has 12 nitrogen and oxygen atoms in total. The van der Waals surface area contributed by atoms with Gasteiger partial charge in [-0.2, -0.15) is 4.31 Å². The molecule has 1 aromatic carbocycles. The topological polar surface area (TPSA) is 137 Å². The lowest BCUT2D eigenvalue weighted by atomic mass is 10.3. The molecule has 0 bridgehead atoms. The number of nitrogens with zero attached hydrogens (tertiary/aromatic N) is 5. The van der Waals surface area contributed by atoms with Crippen LogP contribution in [0.2, 0.25) is 0 Å². The van der Waals surface area contributed by atoms with Crippen LogP contribution in [0, 0.1) is 10.1 Å². The second-order valence-corrected chi connectivity index (χ2v) is 8.37. The third kappa shape index (κ3) is 4.36. The van der Waals surface area contributed by atoms with Crippen LogP contribution in [0.5, 0.6) is 11.5 Å². The number of carbonyl (C=O) groups excluding carboxylic acids is 1. The first kappa shape index (κ1) is 21.5. The summed E-state index contributed by atoms with van der Waals surface area (Å²) in [6.45, 7) is 0.497. The van der Waals surface area contributed by atoms with Crippen molar-refractivity contribution in [1.29, 1.82) is 0 Å². The molecular formula is C17H21N5O7S. The highest BCUT2D eigenvalue weighted by Crippen LogP contribution is 2.31. The molecule has 0 unspecified atom stereocenters. The molecule has 0 N–H and O–H groups in total. The van der Waals surface area contributed by atoms with Crippen molar-refractivity contribution in [1.82, 2.24) is 18.8 Å². The monoisotopic (exact) mass is 439 g/mol. The van der Waals surface area contributed by atoms with Crippen LogP contribution in [0.3, 0.4) is 0 Å². The van der Waals surface area contributed by atoms with Crippen LogP contribution in [-0.2, 0) is 21.4 Å². The quantitative estimate of drug-likeness (QED) is 0.445. The first-order chi connectivity index (χ1) is 14.3. The number of amides is 1. The Morgan fingerprint density at radius 3 is 2.47 bits per heavy atom. The third-order valence-corrected chi connectivity index (χ3v) is 6.62. The lowest BCUT2D eigenvalue weighted by molar-refractivity contribution is -0.389. The minimum Gasteiger partial charge on any atom is -0.497 e. The molecule has 0 aliphatic carbocycles. The Labute approximate surface area is 172 Å². The Hall–Kier alpha value is -3.19. The molecule has 2 aromatic rings. The van der Waals surface area contributed by atoms with Crippen molar-refractivity contribution in [2.24, 2.45) is 0 Å². The molecule has 1 aliphatic rings. The van der Waals surface area contributed by atoms with Crippen LogP contribution >= 0.6 is 0 Å². The van der Waals surface area contributed by atoms with Gasteiger partial charge in [-0.15, -0.1) is 0 Å². The van der Waals surface area contributed by atoms with Crippen LogP contribution < -0.4 is 9.47 Å². The smallest absolute Gasteiger partial charge is 0.381 e. The fourth-order valence-electron chi connectivity index (χ4n) is 3.09. The molecule has 0 saturated carbocycles. The maximum atomic E-state index is 13.1. The van der Waals surface area contributed by atoms with Crippen LogP contribution in [0.1, 0.15) is 0 Å². The van der Waals surface area contributed by atoms with Gasteiger partial charge in [-0.25, -0.2) is 8.42 Å². The van der Waals surface area contributed by atoms with E-state index in [1.54, 1.807) is 6.07 Å². The highest BCUT2D eigenvalue weighted by molar-refractivity contribution is 7.89. The van der Waals surface area contributed by atoms with Gasteiger partial charge in [-0.05, 0) is 22.0 Å². The Balaban J connectivity index is 1.67. The van der Waals surface area contributed by atoms with Crippen LogP contribution in [0.25, 0.3) is 0 Å². The van der Waals surface area contributed by atoms with Gasteiger partial charge in [0.1, 0.15) is 29.1 Å². The van der Waals surface area contributed by atoms with Crippen LogP contribution in [-0.4, -0.2) is 78.4 Å². The zero-order valence-electron chi connectivity index (χ0n) is 16.4. The summed E-state index contributed by atoms with van der Waals surface area (Å²) in [6, 6.07) is 4.53. The molecule has 0 spiro atoms. The fourth-order valence-corrected chi connectivity index (χ4v) is 4.68. The fraction of sp³-hybridized carbons (Fsp3) is 0.412. The predicted molar refractivity (Wildman–Crippen MR) is 104 cm³/mol. The lowest BCUT2D eigenvalue weighted by Gasteiger charge is -2.34. The summed E-state index contributed by atoms with van der Waals surface area (Å²) in [5.74, 6) is -0.0297. The maximum Gasteiger partial charge on any atom is 0.381 e. The van der Waals surface area contributed by atoms with E-state index >= 15 is 0 Å². The number of methoxy groups -OCH3 is 2. The largest absolute Gasteiger partial charge is 0.497 e. The summed E-state index contributed by atoms with van der Waals surface area (Å²) >= 11 is 0. The van der Waals surface area contributed by atoms with Crippen LogP contribution in [0.15, 0.2) is 35.6 Å². The molecular weight excluding hydrogens is 418 g/mol. The van der Waals surface area contributed by atoms with E-state index in [9.17, 15) is 23.3 Å². The van der Waals surface area contributed by atoms with Gasteiger partial charge in [0.15, 0.2) is 0 Å². The normalized spacial score (nSPS) is 15.1. The third-order valence-electron chi connectivity index (χ3n) is 4.70. The van der Waals surface area contributed by atoms with Gasteiger partial charge in [-0.3, -0.25) is 4.79 Å². The minimum atomic E-state index is -3.85.